The third-order valence-electron chi connectivity index (χ3n) is 3.18. The summed E-state index contributed by atoms with van der Waals surface area (Å²) in [5.41, 5.74) is 0.419. The SMILES string of the molecule is CC1OCCC1NC(=O)Nc1ccccc1OCC(=O)O. The van der Waals surface area contributed by atoms with E-state index in [4.69, 9.17) is 14.6 Å². The first-order valence-electron chi connectivity index (χ1n) is 6.69. The van der Waals surface area contributed by atoms with Gasteiger partial charge in [0.15, 0.2) is 6.61 Å². The fourth-order valence-corrected chi connectivity index (χ4v) is 2.08. The molecule has 3 N–H and O–H groups in total. The predicted octanol–water partition coefficient (Wildman–Crippen LogP) is 1.45. The van der Waals surface area contributed by atoms with Gasteiger partial charge in [0.1, 0.15) is 5.75 Å². The number of carboxylic acid groups (broad SMARTS) is 1. The Bertz CT molecular complexity index is 520. The van der Waals surface area contributed by atoms with Crippen LogP contribution in [0, 0.1) is 0 Å². The highest BCUT2D eigenvalue weighted by Gasteiger charge is 2.25. The van der Waals surface area contributed by atoms with Crippen molar-refractivity contribution in [3.05, 3.63) is 24.3 Å². The lowest BCUT2D eigenvalue weighted by Crippen LogP contribution is -2.41. The topological polar surface area (TPSA) is 96.9 Å². The second-order valence-corrected chi connectivity index (χ2v) is 4.75. The summed E-state index contributed by atoms with van der Waals surface area (Å²) in [6.07, 6.45) is 0.750. The number of carboxylic acids is 1. The van der Waals surface area contributed by atoms with Crippen molar-refractivity contribution in [2.75, 3.05) is 18.5 Å². The molecule has 2 unspecified atom stereocenters. The van der Waals surface area contributed by atoms with Crippen LogP contribution in [-0.2, 0) is 9.53 Å². The van der Waals surface area contributed by atoms with Gasteiger partial charge in [-0.3, -0.25) is 0 Å². The molecule has 0 saturated carbocycles. The Morgan fingerprint density at radius 1 is 1.43 bits per heavy atom. The third kappa shape index (κ3) is 4.35. The standard InChI is InChI=1S/C14H18N2O5/c1-9-10(6-7-20-9)15-14(19)16-11-4-2-3-5-12(11)21-8-13(17)18/h2-5,9-10H,6-8H2,1H3,(H,17,18)(H2,15,16,19). The highest BCUT2D eigenvalue weighted by molar-refractivity contribution is 5.91. The monoisotopic (exact) mass is 294 g/mol. The molecular weight excluding hydrogens is 276 g/mol. The summed E-state index contributed by atoms with van der Waals surface area (Å²) in [7, 11) is 0. The Morgan fingerprint density at radius 2 is 2.19 bits per heavy atom. The number of nitrogens with one attached hydrogen (secondary N) is 2. The molecule has 0 radical (unpaired) electrons. The van der Waals surface area contributed by atoms with Crippen molar-refractivity contribution in [2.24, 2.45) is 0 Å². The number of amides is 2. The average molecular weight is 294 g/mol. The van der Waals surface area contributed by atoms with Crippen LogP contribution in [0.2, 0.25) is 0 Å². The number of aliphatic carboxylic acids is 1. The van der Waals surface area contributed by atoms with E-state index in [9.17, 15) is 9.59 Å². The van der Waals surface area contributed by atoms with Gasteiger partial charge in [0, 0.05) is 6.61 Å². The molecule has 1 aliphatic heterocycles. The molecule has 1 fully saturated rings. The van der Waals surface area contributed by atoms with E-state index in [1.807, 2.05) is 6.92 Å². The van der Waals surface area contributed by atoms with Crippen molar-refractivity contribution in [1.82, 2.24) is 5.32 Å². The normalized spacial score (nSPS) is 20.8. The number of para-hydroxylation sites is 2. The van der Waals surface area contributed by atoms with Gasteiger partial charge in [-0.2, -0.15) is 0 Å². The third-order valence-corrected chi connectivity index (χ3v) is 3.18. The quantitative estimate of drug-likeness (QED) is 0.763. The number of hydrogen-bond acceptors (Lipinski definition) is 4. The first-order chi connectivity index (χ1) is 10.1. The van der Waals surface area contributed by atoms with Crippen LogP contribution in [0.4, 0.5) is 10.5 Å². The van der Waals surface area contributed by atoms with Gasteiger partial charge in [-0.1, -0.05) is 12.1 Å². The van der Waals surface area contributed by atoms with Gasteiger partial charge in [0.25, 0.3) is 0 Å². The summed E-state index contributed by atoms with van der Waals surface area (Å²) in [5, 5.41) is 14.1. The van der Waals surface area contributed by atoms with Gasteiger partial charge >= 0.3 is 12.0 Å². The van der Waals surface area contributed by atoms with E-state index in [0.29, 0.717) is 18.0 Å². The number of ether oxygens (including phenoxy) is 2. The van der Waals surface area contributed by atoms with E-state index < -0.39 is 12.6 Å². The van der Waals surface area contributed by atoms with Gasteiger partial charge < -0.3 is 25.2 Å². The van der Waals surface area contributed by atoms with Crippen LogP contribution in [0.15, 0.2) is 24.3 Å². The molecule has 0 spiro atoms. The Hall–Kier alpha value is -2.28. The van der Waals surface area contributed by atoms with Gasteiger partial charge in [0.2, 0.25) is 0 Å². The summed E-state index contributed by atoms with van der Waals surface area (Å²) in [4.78, 5) is 22.5. The zero-order valence-electron chi connectivity index (χ0n) is 11.7. The zero-order valence-corrected chi connectivity index (χ0v) is 11.7. The average Bonchev–Trinajstić information content (AvgIpc) is 2.83. The molecule has 7 nitrogen and oxygen atoms in total. The van der Waals surface area contributed by atoms with Gasteiger partial charge in [-0.15, -0.1) is 0 Å². The smallest absolute Gasteiger partial charge is 0.341 e. The molecule has 1 aromatic carbocycles. The minimum atomic E-state index is -1.08. The van der Waals surface area contributed by atoms with Gasteiger partial charge in [-0.05, 0) is 25.5 Å². The van der Waals surface area contributed by atoms with E-state index in [1.165, 1.54) is 0 Å². The molecule has 1 heterocycles. The molecule has 1 aliphatic rings. The molecule has 7 heteroatoms. The maximum absolute atomic E-state index is 12.0. The largest absolute Gasteiger partial charge is 0.480 e. The highest BCUT2D eigenvalue weighted by Crippen LogP contribution is 2.23. The van der Waals surface area contributed by atoms with Crippen molar-refractivity contribution >= 4 is 17.7 Å². The number of benzene rings is 1. The number of hydrogen-bond donors (Lipinski definition) is 3. The second kappa shape index (κ2) is 6.94. The van der Waals surface area contributed by atoms with Gasteiger partial charge in [0.05, 0.1) is 17.8 Å². The van der Waals surface area contributed by atoms with Crippen molar-refractivity contribution in [3.63, 3.8) is 0 Å². The molecule has 1 aromatic rings. The molecule has 1 saturated heterocycles. The van der Waals surface area contributed by atoms with E-state index in [2.05, 4.69) is 10.6 Å². The van der Waals surface area contributed by atoms with E-state index in [1.54, 1.807) is 24.3 Å². The van der Waals surface area contributed by atoms with E-state index in [-0.39, 0.29) is 18.2 Å². The lowest BCUT2D eigenvalue weighted by atomic mass is 10.2. The highest BCUT2D eigenvalue weighted by atomic mass is 16.5. The van der Waals surface area contributed by atoms with Crippen molar-refractivity contribution in [1.29, 1.82) is 0 Å². The Kier molecular flexibility index (Phi) is 4.99. The van der Waals surface area contributed by atoms with Crippen LogP contribution >= 0.6 is 0 Å². The minimum Gasteiger partial charge on any atom is -0.480 e. The van der Waals surface area contributed by atoms with Crippen LogP contribution < -0.4 is 15.4 Å². The fourth-order valence-electron chi connectivity index (χ4n) is 2.08. The lowest BCUT2D eigenvalue weighted by Gasteiger charge is -2.17. The number of carbonyl (C=O) groups excluding carboxylic acids is 1. The van der Waals surface area contributed by atoms with Crippen LogP contribution in [0.25, 0.3) is 0 Å². The molecule has 2 amide bonds. The molecule has 114 valence electrons. The Labute approximate surface area is 122 Å². The minimum absolute atomic E-state index is 0.0192. The molecule has 0 aromatic heterocycles. The Morgan fingerprint density at radius 3 is 2.86 bits per heavy atom. The zero-order chi connectivity index (χ0) is 15.2. The number of anilines is 1. The first kappa shape index (κ1) is 15.1. The molecule has 0 bridgehead atoms. The summed E-state index contributed by atoms with van der Waals surface area (Å²) < 4.78 is 10.5. The second-order valence-electron chi connectivity index (χ2n) is 4.75. The summed E-state index contributed by atoms with van der Waals surface area (Å²) in [6.45, 7) is 2.07. The van der Waals surface area contributed by atoms with E-state index in [0.717, 1.165) is 6.42 Å². The van der Waals surface area contributed by atoms with E-state index >= 15 is 0 Å². The van der Waals surface area contributed by atoms with Gasteiger partial charge in [-0.25, -0.2) is 9.59 Å². The first-order valence-corrected chi connectivity index (χ1v) is 6.69. The molecule has 2 atom stereocenters. The van der Waals surface area contributed by atoms with Crippen LogP contribution in [0.1, 0.15) is 13.3 Å². The molecular formula is C14H18N2O5. The summed E-state index contributed by atoms with van der Waals surface area (Å²) >= 11 is 0. The summed E-state index contributed by atoms with van der Waals surface area (Å²) in [6, 6.07) is 6.27. The van der Waals surface area contributed by atoms with Crippen LogP contribution in [-0.4, -0.2) is 42.5 Å². The summed E-state index contributed by atoms with van der Waals surface area (Å²) in [5.74, 6) is -0.767. The number of carbonyl (C=O) groups is 2. The Balaban J connectivity index is 1.95. The molecule has 21 heavy (non-hydrogen) atoms. The lowest BCUT2D eigenvalue weighted by molar-refractivity contribution is -0.139. The molecule has 0 aliphatic carbocycles. The van der Waals surface area contributed by atoms with Crippen LogP contribution in [0.5, 0.6) is 5.75 Å². The maximum atomic E-state index is 12.0. The molecule has 2 rings (SSSR count). The predicted molar refractivity (Wildman–Crippen MR) is 75.5 cm³/mol. The van der Waals surface area contributed by atoms with Crippen molar-refractivity contribution in [3.8, 4) is 5.75 Å². The van der Waals surface area contributed by atoms with Crippen molar-refractivity contribution in [2.45, 2.75) is 25.5 Å². The number of rotatable bonds is 5. The maximum Gasteiger partial charge on any atom is 0.341 e. The number of urea groups is 1. The van der Waals surface area contributed by atoms with Crippen molar-refractivity contribution < 1.29 is 24.2 Å². The fraction of sp³-hybridized carbons (Fsp3) is 0.429. The van der Waals surface area contributed by atoms with Crippen LogP contribution in [0.3, 0.4) is 0 Å².